The minimum absolute atomic E-state index is 0.316. The van der Waals surface area contributed by atoms with Gasteiger partial charge >= 0.3 is 0 Å². The lowest BCUT2D eigenvalue weighted by Crippen LogP contribution is -2.22. The maximum absolute atomic E-state index is 12.0. The lowest BCUT2D eigenvalue weighted by atomic mass is 10.1. The molecule has 0 saturated carbocycles. The predicted molar refractivity (Wildman–Crippen MR) is 57.4 cm³/mol. The Morgan fingerprint density at radius 1 is 1.47 bits per heavy atom. The number of rotatable bonds is 2. The van der Waals surface area contributed by atoms with Gasteiger partial charge in [0.1, 0.15) is 0 Å². The summed E-state index contributed by atoms with van der Waals surface area (Å²) < 4.78 is 24.0. The highest BCUT2D eigenvalue weighted by Crippen LogP contribution is 2.32. The molecule has 0 aromatic heterocycles. The molecule has 15 heavy (non-hydrogen) atoms. The van der Waals surface area contributed by atoms with Crippen molar-refractivity contribution in [2.24, 2.45) is 0 Å². The third kappa shape index (κ3) is 1.79. The lowest BCUT2D eigenvalue weighted by Gasteiger charge is -2.10. The van der Waals surface area contributed by atoms with Crippen LogP contribution in [0.2, 0.25) is 0 Å². The van der Waals surface area contributed by atoms with Crippen molar-refractivity contribution in [3.05, 3.63) is 29.8 Å². The second-order valence-corrected chi connectivity index (χ2v) is 6.26. The summed E-state index contributed by atoms with van der Waals surface area (Å²) in [6, 6.07) is 7.07. The molecule has 1 aliphatic rings. The maximum atomic E-state index is 12.0. The maximum Gasteiger partial charge on any atom is 0.181 e. The molecule has 1 N–H and O–H groups in total. The number of fused-ring (bicyclic) bond motifs is 1. The van der Waals surface area contributed by atoms with Crippen LogP contribution < -0.4 is 0 Å². The molecule has 2 unspecified atom stereocenters. The Morgan fingerprint density at radius 3 is 2.73 bits per heavy atom. The molecule has 1 heterocycles. The molecule has 2 rings (SSSR count). The van der Waals surface area contributed by atoms with E-state index in [0.29, 0.717) is 17.7 Å². The minimum atomic E-state index is -3.20. The molecular formula is C11H14O3S. The SMILES string of the molecule is CC(O)CC1Cc2ccccc2S1(=O)=O. The first kappa shape index (κ1) is 10.6. The predicted octanol–water partition coefficient (Wildman–Crippen LogP) is 1.16. The van der Waals surface area contributed by atoms with Crippen LogP contribution >= 0.6 is 0 Å². The molecule has 0 radical (unpaired) electrons. The summed E-state index contributed by atoms with van der Waals surface area (Å²) in [7, 11) is -3.20. The molecule has 1 aromatic carbocycles. The molecule has 0 bridgehead atoms. The number of hydrogen-bond acceptors (Lipinski definition) is 3. The van der Waals surface area contributed by atoms with Crippen LogP contribution in [-0.2, 0) is 16.3 Å². The van der Waals surface area contributed by atoms with E-state index in [1.54, 1.807) is 19.1 Å². The second kappa shape index (κ2) is 3.61. The fourth-order valence-corrected chi connectivity index (χ4v) is 4.15. The summed E-state index contributed by atoms with van der Waals surface area (Å²) in [5.74, 6) is 0. The molecular weight excluding hydrogens is 212 g/mol. The van der Waals surface area contributed by atoms with Crippen LogP contribution in [0.15, 0.2) is 29.2 Å². The van der Waals surface area contributed by atoms with Gasteiger partial charge in [0.25, 0.3) is 0 Å². The molecule has 1 aromatic rings. The van der Waals surface area contributed by atoms with E-state index < -0.39 is 21.2 Å². The van der Waals surface area contributed by atoms with E-state index in [4.69, 9.17) is 0 Å². The smallest absolute Gasteiger partial charge is 0.181 e. The molecule has 2 atom stereocenters. The molecule has 1 aliphatic heterocycles. The zero-order valence-corrected chi connectivity index (χ0v) is 9.37. The van der Waals surface area contributed by atoms with Gasteiger partial charge in [0.2, 0.25) is 0 Å². The Balaban J connectivity index is 2.39. The fraction of sp³-hybridized carbons (Fsp3) is 0.455. The van der Waals surface area contributed by atoms with Crippen LogP contribution in [0.3, 0.4) is 0 Å². The van der Waals surface area contributed by atoms with E-state index in [0.717, 1.165) is 5.56 Å². The fourth-order valence-electron chi connectivity index (χ4n) is 2.08. The van der Waals surface area contributed by atoms with E-state index in [1.165, 1.54) is 0 Å². The summed E-state index contributed by atoms with van der Waals surface area (Å²) in [6.07, 6.45) is 0.277. The van der Waals surface area contributed by atoms with Crippen molar-refractivity contribution in [1.29, 1.82) is 0 Å². The van der Waals surface area contributed by atoms with Crippen molar-refractivity contribution < 1.29 is 13.5 Å². The highest BCUT2D eigenvalue weighted by atomic mass is 32.2. The lowest BCUT2D eigenvalue weighted by molar-refractivity contribution is 0.183. The highest BCUT2D eigenvalue weighted by molar-refractivity contribution is 7.92. The van der Waals surface area contributed by atoms with Crippen LogP contribution in [0, 0.1) is 0 Å². The Labute approximate surface area is 89.7 Å². The van der Waals surface area contributed by atoms with Gasteiger partial charge in [-0.05, 0) is 31.4 Å². The van der Waals surface area contributed by atoms with Crippen molar-refractivity contribution in [1.82, 2.24) is 0 Å². The standard InChI is InChI=1S/C11H14O3S/c1-8(12)6-10-7-9-4-2-3-5-11(9)15(10,13)14/h2-5,8,10,12H,6-7H2,1H3. The Bertz CT molecular complexity index is 462. The van der Waals surface area contributed by atoms with E-state index in [-0.39, 0.29) is 0 Å². The molecule has 0 spiro atoms. The number of sulfone groups is 1. The van der Waals surface area contributed by atoms with Crippen molar-refractivity contribution >= 4 is 9.84 Å². The van der Waals surface area contributed by atoms with Crippen LogP contribution in [-0.4, -0.2) is 24.9 Å². The van der Waals surface area contributed by atoms with Crippen LogP contribution in [0.25, 0.3) is 0 Å². The van der Waals surface area contributed by atoms with Gasteiger partial charge in [0.05, 0.1) is 16.2 Å². The van der Waals surface area contributed by atoms with Gasteiger partial charge in [-0.3, -0.25) is 0 Å². The van der Waals surface area contributed by atoms with Gasteiger partial charge in [-0.25, -0.2) is 8.42 Å². The monoisotopic (exact) mass is 226 g/mol. The summed E-state index contributed by atoms with van der Waals surface area (Å²) in [5, 5.41) is 8.81. The third-order valence-electron chi connectivity index (χ3n) is 2.77. The largest absolute Gasteiger partial charge is 0.393 e. The van der Waals surface area contributed by atoms with Gasteiger partial charge < -0.3 is 5.11 Å². The van der Waals surface area contributed by atoms with Gasteiger partial charge in [0, 0.05) is 0 Å². The summed E-state index contributed by atoms with van der Waals surface area (Å²) >= 11 is 0. The molecule has 4 heteroatoms. The van der Waals surface area contributed by atoms with E-state index >= 15 is 0 Å². The number of hydrogen-bond donors (Lipinski definition) is 1. The second-order valence-electron chi connectivity index (χ2n) is 4.06. The van der Waals surface area contributed by atoms with Crippen molar-refractivity contribution in [2.75, 3.05) is 0 Å². The van der Waals surface area contributed by atoms with Gasteiger partial charge in [-0.1, -0.05) is 18.2 Å². The first-order chi connectivity index (χ1) is 7.01. The Kier molecular flexibility index (Phi) is 2.56. The Morgan fingerprint density at radius 2 is 2.13 bits per heavy atom. The van der Waals surface area contributed by atoms with Gasteiger partial charge in [-0.15, -0.1) is 0 Å². The number of aliphatic hydroxyl groups excluding tert-OH is 1. The van der Waals surface area contributed by atoms with Crippen molar-refractivity contribution in [3.8, 4) is 0 Å². The van der Waals surface area contributed by atoms with Gasteiger partial charge in [-0.2, -0.15) is 0 Å². The first-order valence-corrected chi connectivity index (χ1v) is 6.56. The number of benzene rings is 1. The minimum Gasteiger partial charge on any atom is -0.393 e. The summed E-state index contributed by atoms with van der Waals surface area (Å²) in [6.45, 7) is 1.62. The van der Waals surface area contributed by atoms with Crippen molar-refractivity contribution in [2.45, 2.75) is 36.0 Å². The van der Waals surface area contributed by atoms with E-state index in [2.05, 4.69) is 0 Å². The molecule has 0 aliphatic carbocycles. The van der Waals surface area contributed by atoms with E-state index in [9.17, 15) is 13.5 Å². The molecule has 82 valence electrons. The highest BCUT2D eigenvalue weighted by Gasteiger charge is 2.36. The third-order valence-corrected chi connectivity index (χ3v) is 5.02. The van der Waals surface area contributed by atoms with Crippen LogP contribution in [0.5, 0.6) is 0 Å². The molecule has 3 nitrogen and oxygen atoms in total. The average Bonchev–Trinajstić information content (AvgIpc) is 2.39. The van der Waals surface area contributed by atoms with Crippen molar-refractivity contribution in [3.63, 3.8) is 0 Å². The average molecular weight is 226 g/mol. The summed E-state index contributed by atoms with van der Waals surface area (Å²) in [4.78, 5) is 0.440. The zero-order valence-electron chi connectivity index (χ0n) is 8.55. The van der Waals surface area contributed by atoms with Crippen LogP contribution in [0.4, 0.5) is 0 Å². The normalized spacial score (nSPS) is 24.8. The molecule has 0 fully saturated rings. The summed E-state index contributed by atoms with van der Waals surface area (Å²) in [5.41, 5.74) is 0.878. The Hall–Kier alpha value is -0.870. The quantitative estimate of drug-likeness (QED) is 0.823. The molecule has 0 saturated heterocycles. The first-order valence-electron chi connectivity index (χ1n) is 5.01. The van der Waals surface area contributed by atoms with Crippen LogP contribution in [0.1, 0.15) is 18.9 Å². The van der Waals surface area contributed by atoms with Gasteiger partial charge in [0.15, 0.2) is 9.84 Å². The van der Waals surface area contributed by atoms with E-state index in [1.807, 2.05) is 12.1 Å². The number of aliphatic hydroxyl groups is 1. The topological polar surface area (TPSA) is 54.4 Å². The molecule has 0 amide bonds. The zero-order chi connectivity index (χ0) is 11.1.